The van der Waals surface area contributed by atoms with Crippen LogP contribution in [0.1, 0.15) is 51.5 Å². The normalized spacial score (nSPS) is 12.1. The number of aromatic nitrogens is 2. The molecular weight excluding hydrogens is 244 g/mol. The number of nitrogens with one attached hydrogen (secondary N) is 1. The van der Waals surface area contributed by atoms with Crippen molar-refractivity contribution in [2.45, 2.75) is 52.0 Å². The summed E-state index contributed by atoms with van der Waals surface area (Å²) in [5, 5.41) is 11.2. The van der Waals surface area contributed by atoms with E-state index >= 15 is 0 Å². The molecule has 0 saturated carbocycles. The Morgan fingerprint density at radius 3 is 2.89 bits per heavy atom. The van der Waals surface area contributed by atoms with Crippen molar-refractivity contribution in [2.75, 3.05) is 5.32 Å². The molecule has 4 nitrogen and oxygen atoms in total. The average molecular weight is 266 g/mol. The fourth-order valence-electron chi connectivity index (χ4n) is 1.82. The van der Waals surface area contributed by atoms with E-state index < -0.39 is 0 Å². The summed E-state index contributed by atoms with van der Waals surface area (Å²) in [5.41, 5.74) is 6.42. The summed E-state index contributed by atoms with van der Waals surface area (Å²) >= 11 is 4.99. The Labute approximate surface area is 114 Å². The first-order valence-electron chi connectivity index (χ1n) is 6.53. The van der Waals surface area contributed by atoms with Crippen molar-refractivity contribution in [1.29, 1.82) is 0 Å². The molecule has 0 aromatic carbocycles. The summed E-state index contributed by atoms with van der Waals surface area (Å²) in [5.74, 6) is 0.688. The van der Waals surface area contributed by atoms with Crippen molar-refractivity contribution in [3.8, 4) is 0 Å². The molecule has 0 aliphatic carbocycles. The van der Waals surface area contributed by atoms with Gasteiger partial charge in [-0.3, -0.25) is 0 Å². The molecule has 0 spiro atoms. The van der Waals surface area contributed by atoms with Crippen LogP contribution in [0, 0.1) is 0 Å². The largest absolute Gasteiger partial charge is 0.389 e. The third kappa shape index (κ3) is 4.96. The van der Waals surface area contributed by atoms with Gasteiger partial charge in [0.15, 0.2) is 5.82 Å². The van der Waals surface area contributed by atoms with E-state index in [1.54, 1.807) is 12.3 Å². The molecule has 18 heavy (non-hydrogen) atoms. The summed E-state index contributed by atoms with van der Waals surface area (Å²) in [6.07, 6.45) is 7.79. The highest BCUT2D eigenvalue weighted by molar-refractivity contribution is 7.80. The van der Waals surface area contributed by atoms with Crippen molar-refractivity contribution >= 4 is 23.0 Å². The molecule has 1 atom stereocenters. The van der Waals surface area contributed by atoms with Crippen LogP contribution in [0.5, 0.6) is 0 Å². The van der Waals surface area contributed by atoms with E-state index in [2.05, 4.69) is 29.4 Å². The van der Waals surface area contributed by atoms with Gasteiger partial charge in [-0.1, -0.05) is 44.8 Å². The zero-order valence-corrected chi connectivity index (χ0v) is 12.0. The Morgan fingerprint density at radius 2 is 2.22 bits per heavy atom. The minimum absolute atomic E-state index is 0.352. The fraction of sp³-hybridized carbons (Fsp3) is 0.615. The summed E-state index contributed by atoms with van der Waals surface area (Å²) in [7, 11) is 0. The van der Waals surface area contributed by atoms with Gasteiger partial charge in [0.25, 0.3) is 0 Å². The topological polar surface area (TPSA) is 63.8 Å². The van der Waals surface area contributed by atoms with Crippen LogP contribution in [-0.4, -0.2) is 21.2 Å². The van der Waals surface area contributed by atoms with Crippen LogP contribution in [0.25, 0.3) is 0 Å². The molecule has 1 aromatic rings. The van der Waals surface area contributed by atoms with Crippen LogP contribution in [-0.2, 0) is 0 Å². The number of nitrogens with two attached hydrogens (primary N) is 1. The quantitative estimate of drug-likeness (QED) is 0.559. The zero-order chi connectivity index (χ0) is 13.4. The molecule has 1 unspecified atom stereocenters. The summed E-state index contributed by atoms with van der Waals surface area (Å²) in [4.78, 5) is 0.352. The molecule has 0 amide bonds. The predicted molar refractivity (Wildman–Crippen MR) is 79.8 cm³/mol. The number of thiocarbonyl (C=S) groups is 1. The molecule has 100 valence electrons. The third-order valence-corrected chi connectivity index (χ3v) is 3.08. The lowest BCUT2D eigenvalue weighted by molar-refractivity contribution is 0.592. The lowest BCUT2D eigenvalue weighted by Crippen LogP contribution is -2.20. The molecule has 0 aliphatic heterocycles. The molecule has 1 rings (SSSR count). The molecule has 0 radical (unpaired) electrons. The van der Waals surface area contributed by atoms with Gasteiger partial charge in [-0.05, 0) is 19.4 Å². The number of unbranched alkanes of at least 4 members (excludes halogenated alkanes) is 3. The van der Waals surface area contributed by atoms with Crippen molar-refractivity contribution < 1.29 is 0 Å². The molecule has 0 bridgehead atoms. The summed E-state index contributed by atoms with van der Waals surface area (Å²) in [6, 6.07) is 2.15. The van der Waals surface area contributed by atoms with Crippen LogP contribution in [0.15, 0.2) is 12.3 Å². The average Bonchev–Trinajstić information content (AvgIpc) is 2.35. The van der Waals surface area contributed by atoms with E-state index in [-0.39, 0.29) is 0 Å². The maximum Gasteiger partial charge on any atom is 0.159 e. The molecule has 1 aromatic heterocycles. The first-order chi connectivity index (χ1) is 8.65. The van der Waals surface area contributed by atoms with E-state index in [9.17, 15) is 0 Å². The van der Waals surface area contributed by atoms with Gasteiger partial charge < -0.3 is 11.1 Å². The van der Waals surface area contributed by atoms with E-state index in [1.807, 2.05) is 0 Å². The number of nitrogens with zero attached hydrogens (tertiary/aromatic N) is 2. The smallest absolute Gasteiger partial charge is 0.159 e. The van der Waals surface area contributed by atoms with Gasteiger partial charge in [0.05, 0.1) is 11.8 Å². The molecular formula is C13H22N4S. The number of anilines is 1. The predicted octanol–water partition coefficient (Wildman–Crippen LogP) is 2.88. The number of hydrogen-bond acceptors (Lipinski definition) is 4. The van der Waals surface area contributed by atoms with E-state index in [1.165, 1.54) is 25.7 Å². The van der Waals surface area contributed by atoms with E-state index in [4.69, 9.17) is 18.0 Å². The maximum absolute atomic E-state index is 5.65. The van der Waals surface area contributed by atoms with Gasteiger partial charge in [0.2, 0.25) is 0 Å². The highest BCUT2D eigenvalue weighted by atomic mass is 32.1. The van der Waals surface area contributed by atoms with Gasteiger partial charge in [0, 0.05) is 6.04 Å². The van der Waals surface area contributed by atoms with Gasteiger partial charge in [-0.15, -0.1) is 5.10 Å². The Morgan fingerprint density at radius 1 is 1.44 bits per heavy atom. The highest BCUT2D eigenvalue weighted by Gasteiger charge is 2.09. The van der Waals surface area contributed by atoms with Crippen LogP contribution < -0.4 is 11.1 Å². The first kappa shape index (κ1) is 14.8. The fourth-order valence-corrected chi connectivity index (χ4v) is 1.98. The van der Waals surface area contributed by atoms with Gasteiger partial charge in [0.1, 0.15) is 4.99 Å². The van der Waals surface area contributed by atoms with Crippen molar-refractivity contribution in [3.63, 3.8) is 0 Å². The van der Waals surface area contributed by atoms with Gasteiger partial charge in [-0.2, -0.15) is 5.10 Å². The third-order valence-electron chi connectivity index (χ3n) is 2.86. The van der Waals surface area contributed by atoms with Gasteiger partial charge >= 0.3 is 0 Å². The summed E-state index contributed by atoms with van der Waals surface area (Å²) in [6.45, 7) is 4.36. The summed E-state index contributed by atoms with van der Waals surface area (Å²) < 4.78 is 0. The molecule has 1 heterocycles. The molecule has 0 fully saturated rings. The van der Waals surface area contributed by atoms with Crippen LogP contribution in [0.4, 0.5) is 5.82 Å². The van der Waals surface area contributed by atoms with Crippen molar-refractivity contribution in [2.24, 2.45) is 5.73 Å². The Hall–Kier alpha value is -1.23. The zero-order valence-electron chi connectivity index (χ0n) is 11.1. The van der Waals surface area contributed by atoms with Crippen LogP contribution in [0.2, 0.25) is 0 Å². The molecule has 3 N–H and O–H groups in total. The Kier molecular flexibility index (Phi) is 6.57. The van der Waals surface area contributed by atoms with Crippen molar-refractivity contribution in [3.05, 3.63) is 17.8 Å². The molecule has 0 aliphatic rings. The lowest BCUT2D eigenvalue weighted by atomic mass is 10.1. The minimum Gasteiger partial charge on any atom is -0.389 e. The second kappa shape index (κ2) is 7.97. The Bertz CT molecular complexity index is 381. The molecule has 5 heteroatoms. The van der Waals surface area contributed by atoms with E-state index in [0.717, 1.165) is 12.0 Å². The first-order valence-corrected chi connectivity index (χ1v) is 6.94. The SMILES string of the molecule is CCCCCCC(C)Nc1nnccc1C(N)=S. The highest BCUT2D eigenvalue weighted by Crippen LogP contribution is 2.14. The second-order valence-electron chi connectivity index (χ2n) is 4.55. The maximum atomic E-state index is 5.65. The van der Waals surface area contributed by atoms with Crippen LogP contribution in [0.3, 0.4) is 0 Å². The number of hydrogen-bond donors (Lipinski definition) is 2. The standard InChI is InChI=1S/C13H22N4S/c1-3-4-5-6-7-10(2)16-13-11(12(14)18)8-9-15-17-13/h8-10H,3-7H2,1-2H3,(H2,14,18)(H,16,17). The van der Waals surface area contributed by atoms with E-state index in [0.29, 0.717) is 16.8 Å². The second-order valence-corrected chi connectivity index (χ2v) is 4.99. The van der Waals surface area contributed by atoms with Gasteiger partial charge in [-0.25, -0.2) is 0 Å². The number of rotatable bonds is 8. The minimum atomic E-state index is 0.352. The van der Waals surface area contributed by atoms with Crippen LogP contribution >= 0.6 is 12.2 Å². The monoisotopic (exact) mass is 266 g/mol. The van der Waals surface area contributed by atoms with Crippen molar-refractivity contribution in [1.82, 2.24) is 10.2 Å². The molecule has 0 saturated heterocycles. The lowest BCUT2D eigenvalue weighted by Gasteiger charge is -2.15. The Balaban J connectivity index is 2.48.